The smallest absolute Gasteiger partial charge is 0.304 e. The molecular formula is C11H23NO2. The van der Waals surface area contributed by atoms with Gasteiger partial charge in [-0.3, -0.25) is 4.79 Å². The average Bonchev–Trinajstić information content (AvgIpc) is 2.12. The molecule has 0 saturated heterocycles. The van der Waals surface area contributed by atoms with Gasteiger partial charge in [0.1, 0.15) is 0 Å². The number of aliphatic carboxylic acids is 1. The van der Waals surface area contributed by atoms with Gasteiger partial charge in [0.2, 0.25) is 0 Å². The van der Waals surface area contributed by atoms with Gasteiger partial charge in [0.05, 0.1) is 6.42 Å². The van der Waals surface area contributed by atoms with E-state index in [-0.39, 0.29) is 12.5 Å². The van der Waals surface area contributed by atoms with E-state index in [1.165, 1.54) is 0 Å². The van der Waals surface area contributed by atoms with Gasteiger partial charge in [-0.15, -0.1) is 0 Å². The van der Waals surface area contributed by atoms with Gasteiger partial charge >= 0.3 is 5.97 Å². The molecule has 3 nitrogen and oxygen atoms in total. The number of nitrogens with two attached hydrogens (primary N) is 1. The molecule has 2 unspecified atom stereocenters. The zero-order chi connectivity index (χ0) is 11.1. The van der Waals surface area contributed by atoms with Gasteiger partial charge < -0.3 is 10.8 Å². The van der Waals surface area contributed by atoms with Gasteiger partial charge in [-0.25, -0.2) is 0 Å². The van der Waals surface area contributed by atoms with Gasteiger partial charge in [-0.1, -0.05) is 33.6 Å². The van der Waals surface area contributed by atoms with E-state index >= 15 is 0 Å². The molecule has 0 heterocycles. The number of carboxylic acid groups (broad SMARTS) is 1. The lowest BCUT2D eigenvalue weighted by molar-refractivity contribution is -0.137. The number of carbonyl (C=O) groups is 1. The van der Waals surface area contributed by atoms with Crippen LogP contribution in [0.2, 0.25) is 0 Å². The first-order valence-corrected chi connectivity index (χ1v) is 5.48. The number of rotatable bonds is 7. The molecule has 3 N–H and O–H groups in total. The average molecular weight is 201 g/mol. The van der Waals surface area contributed by atoms with Crippen molar-refractivity contribution < 1.29 is 9.90 Å². The number of hydrogen-bond donors (Lipinski definition) is 2. The molecule has 0 aromatic rings. The molecule has 0 saturated carbocycles. The monoisotopic (exact) mass is 201 g/mol. The molecule has 0 spiro atoms. The maximum atomic E-state index is 10.5. The third kappa shape index (κ3) is 5.22. The Balaban J connectivity index is 3.92. The Bertz CT molecular complexity index is 167. The summed E-state index contributed by atoms with van der Waals surface area (Å²) in [7, 11) is 0. The second-order valence-electron chi connectivity index (χ2n) is 4.16. The number of hydrogen-bond acceptors (Lipinski definition) is 2. The Hall–Kier alpha value is -0.570. The molecule has 0 aliphatic carbocycles. The Labute approximate surface area is 86.7 Å². The molecular weight excluding hydrogens is 178 g/mol. The van der Waals surface area contributed by atoms with Crippen LogP contribution in [0, 0.1) is 11.8 Å². The van der Waals surface area contributed by atoms with Crippen molar-refractivity contribution in [1.82, 2.24) is 0 Å². The van der Waals surface area contributed by atoms with Crippen LogP contribution in [0.4, 0.5) is 0 Å². The third-order valence-corrected chi connectivity index (χ3v) is 3.00. The molecule has 3 heteroatoms. The normalized spacial score (nSPS) is 15.5. The van der Waals surface area contributed by atoms with E-state index < -0.39 is 5.97 Å². The molecule has 0 amide bonds. The van der Waals surface area contributed by atoms with E-state index in [0.29, 0.717) is 11.8 Å². The van der Waals surface area contributed by atoms with Crippen molar-refractivity contribution in [3.8, 4) is 0 Å². The molecule has 2 atom stereocenters. The molecule has 84 valence electrons. The van der Waals surface area contributed by atoms with E-state index in [0.717, 1.165) is 19.3 Å². The Morgan fingerprint density at radius 2 is 1.86 bits per heavy atom. The lowest BCUT2D eigenvalue weighted by Gasteiger charge is -2.22. The molecule has 0 aliphatic heterocycles. The summed E-state index contributed by atoms with van der Waals surface area (Å²) in [4.78, 5) is 10.5. The lowest BCUT2D eigenvalue weighted by atomic mass is 9.86. The number of carboxylic acids is 1. The van der Waals surface area contributed by atoms with Gasteiger partial charge in [0.15, 0.2) is 0 Å². The first kappa shape index (κ1) is 13.4. The van der Waals surface area contributed by atoms with E-state index in [4.69, 9.17) is 10.8 Å². The predicted molar refractivity (Wildman–Crippen MR) is 58.1 cm³/mol. The summed E-state index contributed by atoms with van der Waals surface area (Å²) in [5.41, 5.74) is 5.80. The summed E-state index contributed by atoms with van der Waals surface area (Å²) in [6.45, 7) is 6.39. The molecule has 0 radical (unpaired) electrons. The summed E-state index contributed by atoms with van der Waals surface area (Å²) >= 11 is 0. The van der Waals surface area contributed by atoms with Crippen molar-refractivity contribution in [1.29, 1.82) is 0 Å². The van der Waals surface area contributed by atoms with Crippen LogP contribution < -0.4 is 5.73 Å². The van der Waals surface area contributed by atoms with Crippen LogP contribution in [0.5, 0.6) is 0 Å². The Kier molecular flexibility index (Phi) is 6.54. The molecule has 0 aliphatic rings. The first-order valence-electron chi connectivity index (χ1n) is 5.48. The minimum Gasteiger partial charge on any atom is -0.481 e. The van der Waals surface area contributed by atoms with E-state index in [1.54, 1.807) is 0 Å². The third-order valence-electron chi connectivity index (χ3n) is 3.00. The van der Waals surface area contributed by atoms with E-state index in [1.807, 2.05) is 6.92 Å². The molecule has 0 rings (SSSR count). The highest BCUT2D eigenvalue weighted by atomic mass is 16.4. The summed E-state index contributed by atoms with van der Waals surface area (Å²) in [6.07, 6.45) is 3.43. The Morgan fingerprint density at radius 3 is 2.21 bits per heavy atom. The van der Waals surface area contributed by atoms with Crippen LogP contribution in [0.25, 0.3) is 0 Å². The van der Waals surface area contributed by atoms with Crippen molar-refractivity contribution in [2.45, 2.75) is 52.5 Å². The summed E-state index contributed by atoms with van der Waals surface area (Å²) in [6, 6.07) is -0.201. The molecule has 0 aromatic carbocycles. The highest BCUT2D eigenvalue weighted by molar-refractivity contribution is 5.67. The molecule has 14 heavy (non-hydrogen) atoms. The summed E-state index contributed by atoms with van der Waals surface area (Å²) in [5.74, 6) is 0.190. The van der Waals surface area contributed by atoms with Crippen LogP contribution in [0.1, 0.15) is 46.5 Å². The van der Waals surface area contributed by atoms with Gasteiger partial charge in [0.25, 0.3) is 0 Å². The minimum atomic E-state index is -0.797. The standard InChI is InChI=1S/C11H23NO2/c1-4-9(5-2)6-8(3)10(12)7-11(13)14/h8-10H,4-7,12H2,1-3H3,(H,13,14). The second kappa shape index (κ2) is 6.82. The van der Waals surface area contributed by atoms with Crippen molar-refractivity contribution >= 4 is 5.97 Å². The second-order valence-corrected chi connectivity index (χ2v) is 4.16. The predicted octanol–water partition coefficient (Wildman–Crippen LogP) is 2.25. The van der Waals surface area contributed by atoms with Crippen molar-refractivity contribution in [3.63, 3.8) is 0 Å². The molecule has 0 fully saturated rings. The van der Waals surface area contributed by atoms with E-state index in [9.17, 15) is 4.79 Å². The van der Waals surface area contributed by atoms with Crippen LogP contribution in [0.3, 0.4) is 0 Å². The summed E-state index contributed by atoms with van der Waals surface area (Å²) < 4.78 is 0. The van der Waals surface area contributed by atoms with Crippen LogP contribution in [0.15, 0.2) is 0 Å². The largest absolute Gasteiger partial charge is 0.481 e. The fourth-order valence-electron chi connectivity index (χ4n) is 1.73. The maximum absolute atomic E-state index is 10.5. The highest BCUT2D eigenvalue weighted by Gasteiger charge is 2.18. The maximum Gasteiger partial charge on any atom is 0.304 e. The van der Waals surface area contributed by atoms with Crippen molar-refractivity contribution in [2.75, 3.05) is 0 Å². The van der Waals surface area contributed by atoms with Crippen molar-refractivity contribution in [2.24, 2.45) is 17.6 Å². The summed E-state index contributed by atoms with van der Waals surface area (Å²) in [5, 5.41) is 8.60. The fourth-order valence-corrected chi connectivity index (χ4v) is 1.73. The topological polar surface area (TPSA) is 63.3 Å². The van der Waals surface area contributed by atoms with Crippen LogP contribution >= 0.6 is 0 Å². The highest BCUT2D eigenvalue weighted by Crippen LogP contribution is 2.21. The molecule has 0 aromatic heterocycles. The zero-order valence-corrected chi connectivity index (χ0v) is 9.49. The van der Waals surface area contributed by atoms with Gasteiger partial charge in [-0.05, 0) is 18.3 Å². The van der Waals surface area contributed by atoms with E-state index in [2.05, 4.69) is 13.8 Å². The molecule has 0 bridgehead atoms. The van der Waals surface area contributed by atoms with Gasteiger partial charge in [0, 0.05) is 6.04 Å². The zero-order valence-electron chi connectivity index (χ0n) is 9.49. The fraction of sp³-hybridized carbons (Fsp3) is 0.909. The van der Waals surface area contributed by atoms with Crippen LogP contribution in [-0.4, -0.2) is 17.1 Å². The SMILES string of the molecule is CCC(CC)CC(C)C(N)CC(=O)O. The minimum absolute atomic E-state index is 0.0846. The van der Waals surface area contributed by atoms with Gasteiger partial charge in [-0.2, -0.15) is 0 Å². The first-order chi connectivity index (χ1) is 6.51. The van der Waals surface area contributed by atoms with Crippen LogP contribution in [-0.2, 0) is 4.79 Å². The quantitative estimate of drug-likeness (QED) is 0.664. The Morgan fingerprint density at radius 1 is 1.36 bits per heavy atom. The van der Waals surface area contributed by atoms with Crippen molar-refractivity contribution in [3.05, 3.63) is 0 Å². The lowest BCUT2D eigenvalue weighted by Crippen LogP contribution is -2.32.